The first-order valence-electron chi connectivity index (χ1n) is 8.52. The highest BCUT2D eigenvalue weighted by Gasteiger charge is 2.32. The van der Waals surface area contributed by atoms with Gasteiger partial charge in [-0.2, -0.15) is 0 Å². The minimum atomic E-state index is -4.88. The first kappa shape index (κ1) is 18.8. The van der Waals surface area contributed by atoms with Gasteiger partial charge in [0, 0.05) is 0 Å². The van der Waals surface area contributed by atoms with Crippen molar-refractivity contribution in [3.63, 3.8) is 0 Å². The molecular formula is C19H24F4O. The predicted octanol–water partition coefficient (Wildman–Crippen LogP) is 6.73. The van der Waals surface area contributed by atoms with Crippen molar-refractivity contribution in [1.82, 2.24) is 0 Å². The van der Waals surface area contributed by atoms with E-state index in [4.69, 9.17) is 0 Å². The Bertz CT molecular complexity index is 569. The van der Waals surface area contributed by atoms with Crippen LogP contribution in [0.25, 0.3) is 5.57 Å². The van der Waals surface area contributed by atoms with E-state index < -0.39 is 17.9 Å². The summed E-state index contributed by atoms with van der Waals surface area (Å²) < 4.78 is 54.0. The van der Waals surface area contributed by atoms with Crippen molar-refractivity contribution in [2.45, 2.75) is 58.7 Å². The van der Waals surface area contributed by atoms with Gasteiger partial charge in [0.25, 0.3) is 0 Å². The molecule has 0 aliphatic heterocycles. The Labute approximate surface area is 140 Å². The first-order valence-corrected chi connectivity index (χ1v) is 8.52. The maximum absolute atomic E-state index is 13.8. The summed E-state index contributed by atoms with van der Waals surface area (Å²) in [6.45, 7) is 4.08. The third kappa shape index (κ3) is 5.53. The second-order valence-electron chi connectivity index (χ2n) is 6.61. The van der Waals surface area contributed by atoms with Gasteiger partial charge in [-0.05, 0) is 67.7 Å². The van der Waals surface area contributed by atoms with E-state index in [1.54, 1.807) is 0 Å². The van der Waals surface area contributed by atoms with Gasteiger partial charge in [0.05, 0.1) is 0 Å². The Morgan fingerprint density at radius 2 is 1.88 bits per heavy atom. The van der Waals surface area contributed by atoms with Crippen LogP contribution in [-0.4, -0.2) is 6.36 Å². The summed E-state index contributed by atoms with van der Waals surface area (Å²) in [5.74, 6) is -0.508. The highest BCUT2D eigenvalue weighted by Crippen LogP contribution is 2.34. The van der Waals surface area contributed by atoms with Gasteiger partial charge in [-0.15, -0.1) is 13.2 Å². The maximum Gasteiger partial charge on any atom is 0.573 e. The summed E-state index contributed by atoms with van der Waals surface area (Å²) in [5, 5.41) is 0. The summed E-state index contributed by atoms with van der Waals surface area (Å²) in [6, 6.07) is 3.61. The molecule has 5 heteroatoms. The van der Waals surface area contributed by atoms with Crippen LogP contribution in [0.3, 0.4) is 0 Å². The van der Waals surface area contributed by atoms with Crippen molar-refractivity contribution in [2.75, 3.05) is 0 Å². The zero-order chi connectivity index (χ0) is 17.7. The van der Waals surface area contributed by atoms with Crippen molar-refractivity contribution >= 4 is 5.57 Å². The van der Waals surface area contributed by atoms with E-state index >= 15 is 0 Å². The Morgan fingerprint density at radius 1 is 1.21 bits per heavy atom. The number of ether oxygens (including phenoxy) is 1. The molecule has 0 saturated heterocycles. The highest BCUT2D eigenvalue weighted by molar-refractivity contribution is 5.64. The molecule has 1 nitrogen and oxygen atoms in total. The van der Waals surface area contributed by atoms with E-state index in [1.165, 1.54) is 31.7 Å². The zero-order valence-electron chi connectivity index (χ0n) is 14.1. The number of benzene rings is 1. The summed E-state index contributed by atoms with van der Waals surface area (Å²) in [4.78, 5) is 0. The quantitative estimate of drug-likeness (QED) is 0.538. The van der Waals surface area contributed by atoms with Crippen LogP contribution >= 0.6 is 0 Å². The molecule has 1 aromatic carbocycles. The molecule has 1 aliphatic carbocycles. The fraction of sp³-hybridized carbons (Fsp3) is 0.579. The number of allylic oxidation sites excluding steroid dienone is 2. The van der Waals surface area contributed by atoms with E-state index in [0.29, 0.717) is 11.5 Å². The van der Waals surface area contributed by atoms with Crippen molar-refractivity contribution < 1.29 is 22.3 Å². The van der Waals surface area contributed by atoms with Gasteiger partial charge in [0.15, 0.2) is 11.6 Å². The number of hydrogen-bond acceptors (Lipinski definition) is 1. The molecule has 1 aliphatic rings. The van der Waals surface area contributed by atoms with Gasteiger partial charge < -0.3 is 4.74 Å². The van der Waals surface area contributed by atoms with E-state index in [1.807, 2.05) is 6.92 Å². The molecule has 0 amide bonds. The smallest absolute Gasteiger partial charge is 0.403 e. The van der Waals surface area contributed by atoms with Gasteiger partial charge in [-0.3, -0.25) is 0 Å². The molecule has 0 N–H and O–H groups in total. The maximum atomic E-state index is 13.8. The third-order valence-corrected chi connectivity index (χ3v) is 4.69. The van der Waals surface area contributed by atoms with Crippen LogP contribution in [0.4, 0.5) is 17.6 Å². The van der Waals surface area contributed by atoms with Crippen molar-refractivity contribution in [3.05, 3.63) is 35.7 Å². The molecule has 0 atom stereocenters. The Hall–Kier alpha value is -1.52. The lowest BCUT2D eigenvalue weighted by Gasteiger charge is -2.27. The molecule has 0 unspecified atom stereocenters. The fourth-order valence-corrected chi connectivity index (χ4v) is 3.46. The molecule has 0 heterocycles. The van der Waals surface area contributed by atoms with Crippen LogP contribution in [0.2, 0.25) is 0 Å². The van der Waals surface area contributed by atoms with Crippen LogP contribution in [0.15, 0.2) is 24.3 Å². The Kier molecular flexibility index (Phi) is 6.30. The highest BCUT2D eigenvalue weighted by atomic mass is 19.4. The number of rotatable bonds is 5. The standard InChI is InChI=1S/C19H24F4O/c1-3-4-14-5-7-15(8-6-14)11-13(2)16-9-10-18(17(20)12-16)24-19(21,22)23/h9-12,14-15H,3-8H2,1-2H3. The topological polar surface area (TPSA) is 9.23 Å². The lowest BCUT2D eigenvalue weighted by Crippen LogP contribution is -2.18. The minimum absolute atomic E-state index is 0.465. The third-order valence-electron chi connectivity index (χ3n) is 4.69. The van der Waals surface area contributed by atoms with Gasteiger partial charge >= 0.3 is 6.36 Å². The predicted molar refractivity (Wildman–Crippen MR) is 87.1 cm³/mol. The average Bonchev–Trinajstić information content (AvgIpc) is 2.50. The van der Waals surface area contributed by atoms with E-state index in [9.17, 15) is 17.6 Å². The van der Waals surface area contributed by atoms with Gasteiger partial charge in [-0.25, -0.2) is 4.39 Å². The van der Waals surface area contributed by atoms with Crippen molar-refractivity contribution in [1.29, 1.82) is 0 Å². The molecule has 2 rings (SSSR count). The molecule has 0 radical (unpaired) electrons. The van der Waals surface area contributed by atoms with Crippen LogP contribution in [0, 0.1) is 17.7 Å². The molecule has 1 saturated carbocycles. The van der Waals surface area contributed by atoms with Crippen molar-refractivity contribution in [2.24, 2.45) is 11.8 Å². The zero-order valence-corrected chi connectivity index (χ0v) is 14.1. The average molecular weight is 344 g/mol. The lowest BCUT2D eigenvalue weighted by molar-refractivity contribution is -0.275. The molecule has 0 aromatic heterocycles. The minimum Gasteiger partial charge on any atom is -0.403 e. The van der Waals surface area contributed by atoms with Gasteiger partial charge in [0.2, 0.25) is 0 Å². The first-order chi connectivity index (χ1) is 11.3. The summed E-state index contributed by atoms with van der Waals surface area (Å²) in [5.41, 5.74) is 1.49. The van der Waals surface area contributed by atoms with Crippen LogP contribution in [-0.2, 0) is 0 Å². The van der Waals surface area contributed by atoms with Crippen LogP contribution < -0.4 is 4.74 Å². The van der Waals surface area contributed by atoms with E-state index in [2.05, 4.69) is 17.7 Å². The Morgan fingerprint density at radius 3 is 2.42 bits per heavy atom. The number of hydrogen-bond donors (Lipinski definition) is 0. The Balaban J connectivity index is 2.02. The SMILES string of the molecule is CCCC1CCC(C=C(C)c2ccc(OC(F)(F)F)c(F)c2)CC1. The lowest BCUT2D eigenvalue weighted by atomic mass is 9.79. The van der Waals surface area contributed by atoms with E-state index in [-0.39, 0.29) is 0 Å². The largest absolute Gasteiger partial charge is 0.573 e. The summed E-state index contributed by atoms with van der Waals surface area (Å²) >= 11 is 0. The molecule has 0 spiro atoms. The molecule has 24 heavy (non-hydrogen) atoms. The van der Waals surface area contributed by atoms with Crippen molar-refractivity contribution in [3.8, 4) is 5.75 Å². The second-order valence-corrected chi connectivity index (χ2v) is 6.61. The number of alkyl halides is 3. The second kappa shape index (κ2) is 8.04. The van der Waals surface area contributed by atoms with Crippen LogP contribution in [0.1, 0.15) is 57.9 Å². The van der Waals surface area contributed by atoms with E-state index in [0.717, 1.165) is 36.5 Å². The van der Waals surface area contributed by atoms with Crippen LogP contribution in [0.5, 0.6) is 5.75 Å². The molecule has 134 valence electrons. The molecule has 1 fully saturated rings. The van der Waals surface area contributed by atoms with Gasteiger partial charge in [0.1, 0.15) is 0 Å². The summed E-state index contributed by atoms with van der Waals surface area (Å²) in [7, 11) is 0. The number of halogens is 4. The summed E-state index contributed by atoms with van der Waals surface area (Å²) in [6.07, 6.45) is 4.42. The van der Waals surface area contributed by atoms with Gasteiger partial charge in [-0.1, -0.05) is 31.9 Å². The normalized spacial score (nSPS) is 22.5. The molecule has 0 bridgehead atoms. The molecule has 1 aromatic rings. The fourth-order valence-electron chi connectivity index (χ4n) is 3.46. The monoisotopic (exact) mass is 344 g/mol. The molecular weight excluding hydrogens is 320 g/mol.